The summed E-state index contributed by atoms with van der Waals surface area (Å²) in [5.74, 6) is -1.41. The Labute approximate surface area is 151 Å². The van der Waals surface area contributed by atoms with E-state index in [4.69, 9.17) is 11.6 Å². The van der Waals surface area contributed by atoms with E-state index in [1.165, 1.54) is 0 Å². The van der Waals surface area contributed by atoms with Gasteiger partial charge in [0, 0.05) is 10.6 Å². The molecule has 0 bridgehead atoms. The molecule has 0 fully saturated rings. The number of benzene rings is 2. The van der Waals surface area contributed by atoms with E-state index in [2.05, 4.69) is 15.2 Å². The molecule has 0 aliphatic carbocycles. The van der Waals surface area contributed by atoms with E-state index in [1.54, 1.807) is 31.2 Å². The minimum atomic E-state index is -0.752. The Hall–Kier alpha value is -2.25. The molecule has 1 N–H and O–H groups in total. The molecule has 0 amide bonds. The van der Waals surface area contributed by atoms with E-state index >= 15 is 0 Å². The second-order valence-corrected chi connectivity index (χ2v) is 7.00. The van der Waals surface area contributed by atoms with E-state index in [1.807, 2.05) is 0 Å². The van der Waals surface area contributed by atoms with Gasteiger partial charge in [0.05, 0.1) is 10.8 Å². The maximum atomic E-state index is 13.7. The number of carbonyl (C=O) groups excluding carboxylic acids is 1. The van der Waals surface area contributed by atoms with Crippen LogP contribution in [0.2, 0.25) is 5.02 Å². The Morgan fingerprint density at radius 2 is 1.88 bits per heavy atom. The van der Waals surface area contributed by atoms with Crippen LogP contribution in [0, 0.1) is 11.6 Å². The van der Waals surface area contributed by atoms with Gasteiger partial charge in [-0.2, -0.15) is 0 Å². The van der Waals surface area contributed by atoms with Gasteiger partial charge in [0.1, 0.15) is 11.6 Å². The van der Waals surface area contributed by atoms with Gasteiger partial charge in [-0.15, -0.1) is 10.2 Å². The average molecular weight is 380 g/mol. The van der Waals surface area contributed by atoms with Crippen molar-refractivity contribution in [2.75, 3.05) is 0 Å². The van der Waals surface area contributed by atoms with Crippen molar-refractivity contribution in [1.82, 2.24) is 15.2 Å². The predicted octanol–water partition coefficient (Wildman–Crippen LogP) is 4.77. The number of rotatable bonds is 5. The van der Waals surface area contributed by atoms with Crippen molar-refractivity contribution in [2.24, 2.45) is 0 Å². The minimum absolute atomic E-state index is 0.280. The number of ketones is 1. The van der Waals surface area contributed by atoms with Gasteiger partial charge in [-0.05, 0) is 49.4 Å². The van der Waals surface area contributed by atoms with Crippen LogP contribution in [0.4, 0.5) is 8.78 Å². The Morgan fingerprint density at radius 3 is 2.60 bits per heavy atom. The number of thioether (sulfide) groups is 1. The van der Waals surface area contributed by atoms with E-state index in [0.717, 1.165) is 35.5 Å². The molecule has 128 valence electrons. The highest BCUT2D eigenvalue weighted by Crippen LogP contribution is 2.26. The van der Waals surface area contributed by atoms with Crippen molar-refractivity contribution >= 4 is 29.1 Å². The lowest BCUT2D eigenvalue weighted by Gasteiger charge is -2.09. The zero-order valence-electron chi connectivity index (χ0n) is 13.0. The third-order valence-corrected chi connectivity index (χ3v) is 4.66. The van der Waals surface area contributed by atoms with Crippen molar-refractivity contribution in [3.8, 4) is 11.4 Å². The lowest BCUT2D eigenvalue weighted by atomic mass is 10.1. The topological polar surface area (TPSA) is 58.6 Å². The summed E-state index contributed by atoms with van der Waals surface area (Å²) in [6.45, 7) is 1.60. The molecule has 2 aromatic carbocycles. The van der Waals surface area contributed by atoms with Crippen LogP contribution >= 0.6 is 23.4 Å². The molecule has 0 aliphatic rings. The van der Waals surface area contributed by atoms with Gasteiger partial charge in [0.25, 0.3) is 0 Å². The highest BCUT2D eigenvalue weighted by atomic mass is 35.5. The minimum Gasteiger partial charge on any atom is -0.316 e. The lowest BCUT2D eigenvalue weighted by molar-refractivity contribution is 0.0989. The molecule has 0 saturated carbocycles. The summed E-state index contributed by atoms with van der Waals surface area (Å²) in [6, 6.07) is 9.83. The van der Waals surface area contributed by atoms with Crippen molar-refractivity contribution in [3.63, 3.8) is 0 Å². The maximum absolute atomic E-state index is 13.7. The largest absolute Gasteiger partial charge is 0.316 e. The standard InChI is InChI=1S/C17H12ClF2N3OS/c1-9(15(24)13-8-12(19)6-7-14(13)20)25-17-21-16(22-23-17)10-2-4-11(18)5-3-10/h2-9H,1H3,(H,21,22,23). The Bertz CT molecular complexity index is 915. The molecule has 3 rings (SSSR count). The highest BCUT2D eigenvalue weighted by Gasteiger charge is 2.22. The number of halogens is 3. The van der Waals surface area contributed by atoms with Gasteiger partial charge in [-0.1, -0.05) is 23.4 Å². The maximum Gasteiger partial charge on any atom is 0.189 e. The highest BCUT2D eigenvalue weighted by molar-refractivity contribution is 8.00. The van der Waals surface area contributed by atoms with Gasteiger partial charge >= 0.3 is 0 Å². The zero-order chi connectivity index (χ0) is 18.0. The van der Waals surface area contributed by atoms with Crippen LogP contribution in [0.5, 0.6) is 0 Å². The second-order valence-electron chi connectivity index (χ2n) is 5.23. The van der Waals surface area contributed by atoms with E-state index < -0.39 is 22.7 Å². The van der Waals surface area contributed by atoms with E-state index in [9.17, 15) is 13.6 Å². The van der Waals surface area contributed by atoms with Crippen LogP contribution in [0.15, 0.2) is 47.6 Å². The Morgan fingerprint density at radius 1 is 1.16 bits per heavy atom. The summed E-state index contributed by atoms with van der Waals surface area (Å²) in [5.41, 5.74) is 0.511. The molecule has 0 radical (unpaired) electrons. The van der Waals surface area contributed by atoms with Crippen LogP contribution in [-0.4, -0.2) is 26.2 Å². The first-order chi connectivity index (χ1) is 11.9. The van der Waals surface area contributed by atoms with Gasteiger partial charge in [0.2, 0.25) is 0 Å². The molecular weight excluding hydrogens is 368 g/mol. The molecule has 4 nitrogen and oxygen atoms in total. The number of nitrogens with zero attached hydrogens (tertiary/aromatic N) is 2. The van der Waals surface area contributed by atoms with Crippen LogP contribution in [0.25, 0.3) is 11.4 Å². The normalized spacial score (nSPS) is 12.2. The fraction of sp³-hybridized carbons (Fsp3) is 0.118. The quantitative estimate of drug-likeness (QED) is 0.512. The number of hydrogen-bond donors (Lipinski definition) is 1. The van der Waals surface area contributed by atoms with Crippen molar-refractivity contribution in [3.05, 3.63) is 64.7 Å². The van der Waals surface area contributed by atoms with Gasteiger partial charge in [0.15, 0.2) is 16.8 Å². The second kappa shape index (κ2) is 7.33. The van der Waals surface area contributed by atoms with Crippen molar-refractivity contribution in [2.45, 2.75) is 17.3 Å². The van der Waals surface area contributed by atoms with Gasteiger partial charge in [-0.3, -0.25) is 4.79 Å². The van der Waals surface area contributed by atoms with Gasteiger partial charge < -0.3 is 4.98 Å². The number of Topliss-reactive ketones (excluding diaryl/α,β-unsaturated/α-hetero) is 1. The molecule has 8 heteroatoms. The van der Waals surface area contributed by atoms with Gasteiger partial charge in [-0.25, -0.2) is 8.78 Å². The number of H-pyrrole nitrogens is 1. The van der Waals surface area contributed by atoms with Crippen LogP contribution in [-0.2, 0) is 0 Å². The summed E-state index contributed by atoms with van der Waals surface area (Å²) in [7, 11) is 0. The molecule has 0 saturated heterocycles. The molecule has 3 aromatic rings. The average Bonchev–Trinajstić information content (AvgIpc) is 3.05. The molecule has 1 heterocycles. The third-order valence-electron chi connectivity index (χ3n) is 3.44. The van der Waals surface area contributed by atoms with Crippen molar-refractivity contribution in [1.29, 1.82) is 0 Å². The monoisotopic (exact) mass is 379 g/mol. The van der Waals surface area contributed by atoms with E-state index in [0.29, 0.717) is 16.0 Å². The molecule has 0 aliphatic heterocycles. The lowest BCUT2D eigenvalue weighted by Crippen LogP contribution is -2.15. The number of aromatic amines is 1. The van der Waals surface area contributed by atoms with Crippen LogP contribution in [0.3, 0.4) is 0 Å². The number of carbonyl (C=O) groups is 1. The summed E-state index contributed by atoms with van der Waals surface area (Å²) < 4.78 is 27.0. The molecular formula is C17H12ClF2N3OS. The smallest absolute Gasteiger partial charge is 0.189 e. The fourth-order valence-electron chi connectivity index (χ4n) is 2.16. The SMILES string of the molecule is CC(Sc1nnc(-c2ccc(Cl)cc2)[nH]1)C(=O)c1cc(F)ccc1F. The number of aromatic nitrogens is 3. The van der Waals surface area contributed by atoms with E-state index in [-0.39, 0.29) is 5.56 Å². The number of nitrogens with one attached hydrogen (secondary N) is 1. The molecule has 1 atom stereocenters. The van der Waals surface area contributed by atoms with Crippen LogP contribution < -0.4 is 0 Å². The summed E-state index contributed by atoms with van der Waals surface area (Å²) >= 11 is 6.93. The van der Waals surface area contributed by atoms with Crippen molar-refractivity contribution < 1.29 is 13.6 Å². The molecule has 1 unspecified atom stereocenters. The molecule has 0 spiro atoms. The first-order valence-corrected chi connectivity index (χ1v) is 8.54. The third kappa shape index (κ3) is 4.05. The summed E-state index contributed by atoms with van der Waals surface area (Å²) in [5, 5.41) is 8.34. The fourth-order valence-corrected chi connectivity index (χ4v) is 3.10. The molecule has 1 aromatic heterocycles. The predicted molar refractivity (Wildman–Crippen MR) is 92.8 cm³/mol. The number of hydrogen-bond acceptors (Lipinski definition) is 4. The molecule has 25 heavy (non-hydrogen) atoms. The Kier molecular flexibility index (Phi) is 5.15. The first kappa shape index (κ1) is 17.6. The van der Waals surface area contributed by atoms with Crippen LogP contribution in [0.1, 0.15) is 17.3 Å². The summed E-state index contributed by atoms with van der Waals surface area (Å²) in [4.78, 5) is 15.3. The summed E-state index contributed by atoms with van der Waals surface area (Å²) in [6.07, 6.45) is 0. The first-order valence-electron chi connectivity index (χ1n) is 7.28. The Balaban J connectivity index is 1.75. The zero-order valence-corrected chi connectivity index (χ0v) is 14.5.